The van der Waals surface area contributed by atoms with Crippen LogP contribution in [0.4, 0.5) is 0 Å². The highest BCUT2D eigenvalue weighted by molar-refractivity contribution is 6.76. The monoisotopic (exact) mass is 368 g/mol. The van der Waals surface area contributed by atoms with Crippen LogP contribution in [0.3, 0.4) is 0 Å². The second-order valence-corrected chi connectivity index (χ2v) is 14.3. The molecule has 0 amide bonds. The lowest BCUT2D eigenvalue weighted by Gasteiger charge is -2.26. The third-order valence-electron chi connectivity index (χ3n) is 5.15. The zero-order valence-electron chi connectivity index (χ0n) is 16.5. The topological polar surface area (TPSA) is 18.5 Å². The first-order valence-electron chi connectivity index (χ1n) is 9.78. The lowest BCUT2D eigenvalue weighted by atomic mass is 9.89. The molecule has 1 fully saturated rings. The van der Waals surface area contributed by atoms with Crippen LogP contribution in [-0.4, -0.2) is 26.4 Å². The second kappa shape index (κ2) is 8.51. The van der Waals surface area contributed by atoms with Crippen molar-refractivity contribution < 1.29 is 9.47 Å². The van der Waals surface area contributed by atoms with Crippen LogP contribution in [0.25, 0.3) is 0 Å². The van der Waals surface area contributed by atoms with E-state index in [4.69, 9.17) is 9.47 Å². The van der Waals surface area contributed by atoms with Gasteiger partial charge in [-0.05, 0) is 30.5 Å². The van der Waals surface area contributed by atoms with Gasteiger partial charge in [-0.25, -0.2) is 0 Å². The van der Waals surface area contributed by atoms with Gasteiger partial charge in [-0.3, -0.25) is 0 Å². The van der Waals surface area contributed by atoms with E-state index in [0.717, 1.165) is 6.42 Å². The molecule has 1 heterocycles. The van der Waals surface area contributed by atoms with Crippen LogP contribution in [0.15, 0.2) is 60.7 Å². The first kappa shape index (κ1) is 19.3. The van der Waals surface area contributed by atoms with Crippen LogP contribution in [-0.2, 0) is 16.1 Å². The van der Waals surface area contributed by atoms with E-state index in [2.05, 4.69) is 81.2 Å². The summed E-state index contributed by atoms with van der Waals surface area (Å²) in [6.07, 6.45) is 1.67. The van der Waals surface area contributed by atoms with Gasteiger partial charge >= 0.3 is 0 Å². The van der Waals surface area contributed by atoms with E-state index >= 15 is 0 Å². The molecule has 26 heavy (non-hydrogen) atoms. The molecule has 140 valence electrons. The highest BCUT2D eigenvalue weighted by atomic mass is 28.3. The fourth-order valence-corrected chi connectivity index (χ4v) is 5.59. The van der Waals surface area contributed by atoms with E-state index in [-0.39, 0.29) is 12.2 Å². The number of hydrogen-bond donors (Lipinski definition) is 0. The standard InChI is InChI=1S/C23H32O2Si/c1-18(24-16-19-11-7-5-8-12-19)23-22(20-13-9-6-10-14-20)15-21(25-23)17-26(2,3)4/h5-14,18,21-23H,15-17H2,1-4H3/t18?,21-,22+,23+/m1/s1. The number of ether oxygens (including phenoxy) is 2. The van der Waals surface area contributed by atoms with Crippen molar-refractivity contribution in [3.63, 3.8) is 0 Å². The van der Waals surface area contributed by atoms with Gasteiger partial charge in [0.1, 0.15) is 0 Å². The normalized spacial score (nSPS) is 24.5. The summed E-state index contributed by atoms with van der Waals surface area (Å²) in [6.45, 7) is 10.1. The molecule has 1 aliphatic rings. The summed E-state index contributed by atoms with van der Waals surface area (Å²) in [7, 11) is -1.15. The van der Waals surface area contributed by atoms with Gasteiger partial charge in [-0.2, -0.15) is 0 Å². The summed E-state index contributed by atoms with van der Waals surface area (Å²) in [5.41, 5.74) is 2.60. The smallest absolute Gasteiger partial charge is 0.0906 e. The number of rotatable bonds is 7. The molecule has 2 nitrogen and oxygen atoms in total. The van der Waals surface area contributed by atoms with Crippen molar-refractivity contribution in [2.24, 2.45) is 0 Å². The van der Waals surface area contributed by atoms with Gasteiger partial charge in [0.15, 0.2) is 0 Å². The second-order valence-electron chi connectivity index (χ2n) is 8.74. The average Bonchev–Trinajstić information content (AvgIpc) is 3.03. The predicted molar refractivity (Wildman–Crippen MR) is 111 cm³/mol. The predicted octanol–water partition coefficient (Wildman–Crippen LogP) is 5.87. The van der Waals surface area contributed by atoms with Gasteiger partial charge in [0.2, 0.25) is 0 Å². The molecular formula is C23H32O2Si. The molecule has 0 spiro atoms. The Kier molecular flexibility index (Phi) is 6.33. The molecule has 1 aliphatic heterocycles. The molecule has 0 bridgehead atoms. The van der Waals surface area contributed by atoms with Crippen molar-refractivity contribution in [2.45, 2.75) is 69.9 Å². The molecule has 0 saturated carbocycles. The molecule has 4 atom stereocenters. The van der Waals surface area contributed by atoms with Crippen LogP contribution in [0.1, 0.15) is 30.4 Å². The van der Waals surface area contributed by atoms with E-state index in [1.165, 1.54) is 17.2 Å². The fourth-order valence-electron chi connectivity index (χ4n) is 3.96. The maximum absolute atomic E-state index is 6.56. The molecule has 2 aromatic carbocycles. The Balaban J connectivity index is 1.70. The van der Waals surface area contributed by atoms with Gasteiger partial charge in [-0.1, -0.05) is 80.3 Å². The highest BCUT2D eigenvalue weighted by Gasteiger charge is 2.41. The van der Waals surface area contributed by atoms with E-state index in [0.29, 0.717) is 18.6 Å². The van der Waals surface area contributed by atoms with Crippen molar-refractivity contribution >= 4 is 8.07 Å². The van der Waals surface area contributed by atoms with Crippen LogP contribution in [0.5, 0.6) is 0 Å². The average molecular weight is 369 g/mol. The van der Waals surface area contributed by atoms with Crippen LogP contribution in [0, 0.1) is 0 Å². The van der Waals surface area contributed by atoms with E-state index in [1.807, 2.05) is 6.07 Å². The zero-order chi connectivity index (χ0) is 18.6. The Bertz CT molecular complexity index is 666. The maximum atomic E-state index is 6.56. The summed E-state index contributed by atoms with van der Waals surface area (Å²) in [4.78, 5) is 0. The number of benzene rings is 2. The van der Waals surface area contributed by atoms with Crippen molar-refractivity contribution in [1.82, 2.24) is 0 Å². The van der Waals surface area contributed by atoms with Crippen molar-refractivity contribution in [2.75, 3.05) is 0 Å². The Morgan fingerprint density at radius 3 is 2.23 bits per heavy atom. The molecule has 3 heteroatoms. The van der Waals surface area contributed by atoms with Crippen LogP contribution in [0.2, 0.25) is 25.7 Å². The van der Waals surface area contributed by atoms with Crippen molar-refractivity contribution in [3.05, 3.63) is 71.8 Å². The maximum Gasteiger partial charge on any atom is 0.0906 e. The van der Waals surface area contributed by atoms with Crippen molar-refractivity contribution in [1.29, 1.82) is 0 Å². The Hall–Kier alpha value is -1.42. The zero-order valence-corrected chi connectivity index (χ0v) is 17.5. The third kappa shape index (κ3) is 5.29. The first-order chi connectivity index (χ1) is 12.4. The largest absolute Gasteiger partial charge is 0.372 e. The molecule has 1 unspecified atom stereocenters. The summed E-state index contributed by atoms with van der Waals surface area (Å²) in [5.74, 6) is 0.420. The van der Waals surface area contributed by atoms with Crippen molar-refractivity contribution in [3.8, 4) is 0 Å². The fraction of sp³-hybridized carbons (Fsp3) is 0.478. The van der Waals surface area contributed by atoms with Crippen LogP contribution >= 0.6 is 0 Å². The Labute approximate surface area is 159 Å². The molecular weight excluding hydrogens is 336 g/mol. The molecule has 0 radical (unpaired) electrons. The van der Waals surface area contributed by atoms with E-state index in [1.54, 1.807) is 0 Å². The minimum Gasteiger partial charge on any atom is -0.372 e. The molecule has 0 aromatic heterocycles. The molecule has 2 aromatic rings. The summed E-state index contributed by atoms with van der Waals surface area (Å²) in [5, 5.41) is 0. The minimum atomic E-state index is -1.15. The first-order valence-corrected chi connectivity index (χ1v) is 13.5. The lowest BCUT2D eigenvalue weighted by Crippen LogP contribution is -2.32. The van der Waals surface area contributed by atoms with E-state index in [9.17, 15) is 0 Å². The quantitative estimate of drug-likeness (QED) is 0.569. The molecule has 0 aliphatic carbocycles. The van der Waals surface area contributed by atoms with Gasteiger partial charge in [0.25, 0.3) is 0 Å². The van der Waals surface area contributed by atoms with Gasteiger partial charge in [-0.15, -0.1) is 0 Å². The number of hydrogen-bond acceptors (Lipinski definition) is 2. The lowest BCUT2D eigenvalue weighted by molar-refractivity contribution is -0.0675. The summed E-state index contributed by atoms with van der Waals surface area (Å²) in [6, 6.07) is 22.4. The molecule has 3 rings (SSSR count). The summed E-state index contributed by atoms with van der Waals surface area (Å²) < 4.78 is 12.8. The van der Waals surface area contributed by atoms with Gasteiger partial charge in [0, 0.05) is 14.0 Å². The minimum absolute atomic E-state index is 0.0760. The highest BCUT2D eigenvalue weighted by Crippen LogP contribution is 2.40. The Morgan fingerprint density at radius 2 is 1.62 bits per heavy atom. The third-order valence-corrected chi connectivity index (χ3v) is 6.83. The SMILES string of the molecule is CC(OCc1ccccc1)[C@@H]1O[C@@H](C[Si](C)(C)C)C[C@H]1c1ccccc1. The van der Waals surface area contributed by atoms with Gasteiger partial charge in [0.05, 0.1) is 24.9 Å². The summed E-state index contributed by atoms with van der Waals surface area (Å²) >= 11 is 0. The van der Waals surface area contributed by atoms with E-state index < -0.39 is 8.07 Å². The van der Waals surface area contributed by atoms with Crippen LogP contribution < -0.4 is 0 Å². The Morgan fingerprint density at radius 1 is 1.00 bits per heavy atom. The molecule has 1 saturated heterocycles. The van der Waals surface area contributed by atoms with Gasteiger partial charge < -0.3 is 9.47 Å². The molecule has 0 N–H and O–H groups in total.